The average Bonchev–Trinajstić information content (AvgIpc) is 2.04. The Bertz CT molecular complexity index is 228. The van der Waals surface area contributed by atoms with Gasteiger partial charge in [0.25, 0.3) is 0 Å². The van der Waals surface area contributed by atoms with Gasteiger partial charge in [-0.05, 0) is 23.0 Å². The monoisotopic (exact) mass is 210 g/mol. The summed E-state index contributed by atoms with van der Waals surface area (Å²) in [5.74, 6) is 1.28. The minimum atomic E-state index is 0. The van der Waals surface area contributed by atoms with Gasteiger partial charge in [0.2, 0.25) is 0 Å². The van der Waals surface area contributed by atoms with E-state index in [1.807, 2.05) is 0 Å². The Hall–Kier alpha value is -0.0657. The van der Waals surface area contributed by atoms with Crippen LogP contribution in [0, 0.1) is 0 Å². The standard InChI is InChI=1S/C12H18.Ti/c1-9(2)11-6-5-7-12(8-11)10(3)4;/h5-10H,1-4H3;. The van der Waals surface area contributed by atoms with Crippen LogP contribution in [-0.2, 0) is 21.7 Å². The first-order valence-corrected chi connectivity index (χ1v) is 4.71. The van der Waals surface area contributed by atoms with Gasteiger partial charge in [-0.3, -0.25) is 0 Å². The summed E-state index contributed by atoms with van der Waals surface area (Å²) in [5.41, 5.74) is 2.89. The molecule has 1 rings (SSSR count). The second kappa shape index (κ2) is 5.62. The van der Waals surface area contributed by atoms with Crippen LogP contribution in [0.25, 0.3) is 0 Å². The topological polar surface area (TPSA) is 0 Å². The summed E-state index contributed by atoms with van der Waals surface area (Å²) in [5, 5.41) is 0. The van der Waals surface area contributed by atoms with Crippen LogP contribution in [0.2, 0.25) is 0 Å². The number of benzene rings is 1. The van der Waals surface area contributed by atoms with Crippen molar-refractivity contribution in [2.75, 3.05) is 0 Å². The SMILES string of the molecule is CC(C)c1cccc(C(C)C)c1.[Ti]. The number of rotatable bonds is 2. The largest absolute Gasteiger partial charge is 0.0617 e. The predicted molar refractivity (Wildman–Crippen MR) is 54.6 cm³/mol. The molecule has 0 nitrogen and oxygen atoms in total. The van der Waals surface area contributed by atoms with Crippen molar-refractivity contribution in [2.24, 2.45) is 0 Å². The van der Waals surface area contributed by atoms with E-state index in [9.17, 15) is 0 Å². The van der Waals surface area contributed by atoms with Gasteiger partial charge in [0.1, 0.15) is 0 Å². The van der Waals surface area contributed by atoms with Crippen LogP contribution in [0.3, 0.4) is 0 Å². The van der Waals surface area contributed by atoms with E-state index < -0.39 is 0 Å². The molecule has 0 spiro atoms. The molecule has 0 bridgehead atoms. The molecule has 0 heterocycles. The van der Waals surface area contributed by atoms with E-state index in [2.05, 4.69) is 52.0 Å². The van der Waals surface area contributed by atoms with Crippen LogP contribution >= 0.6 is 0 Å². The molecule has 1 aromatic carbocycles. The van der Waals surface area contributed by atoms with E-state index in [0.29, 0.717) is 11.8 Å². The third-order valence-corrected chi connectivity index (χ3v) is 2.24. The predicted octanol–water partition coefficient (Wildman–Crippen LogP) is 3.93. The Morgan fingerprint density at radius 1 is 0.846 bits per heavy atom. The van der Waals surface area contributed by atoms with Crippen LogP contribution in [0.1, 0.15) is 50.7 Å². The molecule has 0 aliphatic rings. The molecule has 70 valence electrons. The quantitative estimate of drug-likeness (QED) is 0.648. The van der Waals surface area contributed by atoms with Gasteiger partial charge in [-0.2, -0.15) is 0 Å². The van der Waals surface area contributed by atoms with Crippen molar-refractivity contribution in [2.45, 2.75) is 39.5 Å². The molecule has 0 amide bonds. The van der Waals surface area contributed by atoms with Crippen LogP contribution in [0.4, 0.5) is 0 Å². The molecule has 0 radical (unpaired) electrons. The summed E-state index contributed by atoms with van der Waals surface area (Å²) < 4.78 is 0. The third kappa shape index (κ3) is 3.66. The summed E-state index contributed by atoms with van der Waals surface area (Å²) in [7, 11) is 0. The molecule has 1 aromatic rings. The first-order chi connectivity index (χ1) is 5.61. The van der Waals surface area contributed by atoms with Crippen molar-refractivity contribution >= 4 is 0 Å². The Balaban J connectivity index is 0.00000144. The Kier molecular flexibility index (Phi) is 5.59. The van der Waals surface area contributed by atoms with Crippen LogP contribution < -0.4 is 0 Å². The van der Waals surface area contributed by atoms with Crippen molar-refractivity contribution in [3.8, 4) is 0 Å². The normalized spacial score (nSPS) is 10.3. The minimum absolute atomic E-state index is 0. The van der Waals surface area contributed by atoms with E-state index >= 15 is 0 Å². The maximum absolute atomic E-state index is 2.31. The fourth-order valence-electron chi connectivity index (χ4n) is 1.28. The van der Waals surface area contributed by atoms with Gasteiger partial charge in [-0.25, -0.2) is 0 Å². The zero-order valence-corrected chi connectivity index (χ0v) is 10.5. The first kappa shape index (κ1) is 12.9. The molecule has 0 unspecified atom stereocenters. The molecule has 13 heavy (non-hydrogen) atoms. The van der Waals surface area contributed by atoms with Crippen molar-refractivity contribution in [3.05, 3.63) is 35.4 Å². The van der Waals surface area contributed by atoms with Gasteiger partial charge in [0, 0.05) is 21.7 Å². The van der Waals surface area contributed by atoms with Crippen LogP contribution in [0.15, 0.2) is 24.3 Å². The average molecular weight is 210 g/mol. The molecular weight excluding hydrogens is 192 g/mol. The summed E-state index contributed by atoms with van der Waals surface area (Å²) in [6.45, 7) is 8.94. The molecule has 0 aliphatic heterocycles. The maximum atomic E-state index is 2.31. The first-order valence-electron chi connectivity index (χ1n) is 4.71. The van der Waals surface area contributed by atoms with Gasteiger partial charge in [-0.1, -0.05) is 52.0 Å². The molecule has 0 atom stereocenters. The smallest absolute Gasteiger partial charge is 0 e. The summed E-state index contributed by atoms with van der Waals surface area (Å²) in [6, 6.07) is 8.88. The molecule has 0 aromatic heterocycles. The van der Waals surface area contributed by atoms with Crippen molar-refractivity contribution in [3.63, 3.8) is 0 Å². The zero-order chi connectivity index (χ0) is 9.14. The molecule has 0 fully saturated rings. The van der Waals surface area contributed by atoms with Gasteiger partial charge >= 0.3 is 0 Å². The van der Waals surface area contributed by atoms with E-state index in [-0.39, 0.29) is 21.7 Å². The van der Waals surface area contributed by atoms with Crippen molar-refractivity contribution in [1.82, 2.24) is 0 Å². The maximum Gasteiger partial charge on any atom is 0 e. The van der Waals surface area contributed by atoms with Gasteiger partial charge in [0.05, 0.1) is 0 Å². The van der Waals surface area contributed by atoms with Gasteiger partial charge < -0.3 is 0 Å². The summed E-state index contributed by atoms with van der Waals surface area (Å²) in [4.78, 5) is 0. The summed E-state index contributed by atoms with van der Waals surface area (Å²) >= 11 is 0. The Labute approximate surface area is 96.6 Å². The van der Waals surface area contributed by atoms with E-state index in [0.717, 1.165) is 0 Å². The third-order valence-electron chi connectivity index (χ3n) is 2.24. The Morgan fingerprint density at radius 2 is 1.23 bits per heavy atom. The van der Waals surface area contributed by atoms with Crippen LogP contribution in [-0.4, -0.2) is 0 Å². The van der Waals surface area contributed by atoms with Crippen molar-refractivity contribution < 1.29 is 21.7 Å². The summed E-state index contributed by atoms with van der Waals surface area (Å²) in [6.07, 6.45) is 0. The van der Waals surface area contributed by atoms with E-state index in [1.54, 1.807) is 0 Å². The van der Waals surface area contributed by atoms with Gasteiger partial charge in [-0.15, -0.1) is 0 Å². The fraction of sp³-hybridized carbons (Fsp3) is 0.500. The fourth-order valence-corrected chi connectivity index (χ4v) is 1.28. The van der Waals surface area contributed by atoms with Crippen molar-refractivity contribution in [1.29, 1.82) is 0 Å². The molecule has 0 saturated heterocycles. The number of hydrogen-bond donors (Lipinski definition) is 0. The molecule has 0 N–H and O–H groups in total. The zero-order valence-electron chi connectivity index (χ0n) is 8.96. The second-order valence-corrected chi connectivity index (χ2v) is 3.98. The minimum Gasteiger partial charge on any atom is -0.0617 e. The van der Waals surface area contributed by atoms with Gasteiger partial charge in [0.15, 0.2) is 0 Å². The molecule has 0 aliphatic carbocycles. The van der Waals surface area contributed by atoms with Crippen LogP contribution in [0.5, 0.6) is 0 Å². The van der Waals surface area contributed by atoms with E-state index in [4.69, 9.17) is 0 Å². The molecule has 1 heteroatoms. The second-order valence-electron chi connectivity index (χ2n) is 3.98. The molecule has 0 saturated carbocycles. The number of hydrogen-bond acceptors (Lipinski definition) is 0. The Morgan fingerprint density at radius 3 is 1.54 bits per heavy atom. The molecular formula is C12H18Ti. The van der Waals surface area contributed by atoms with E-state index in [1.165, 1.54) is 11.1 Å².